The predicted octanol–water partition coefficient (Wildman–Crippen LogP) is 4.03. The minimum Gasteiger partial charge on any atom is -0.192 e. The highest BCUT2D eigenvalue weighted by atomic mass is 19.4. The second kappa shape index (κ2) is 5.04. The smallest absolute Gasteiger partial charge is 0.192 e. The number of alkyl halides is 6. The highest BCUT2D eigenvalue weighted by molar-refractivity contribution is 5.58. The Morgan fingerprint density at radius 2 is 1.55 bits per heavy atom. The van der Waals surface area contributed by atoms with Crippen molar-refractivity contribution in [2.45, 2.75) is 25.7 Å². The second-order valence-corrected chi connectivity index (χ2v) is 3.77. The quantitative estimate of drug-likeness (QED) is 0.734. The molecule has 0 N–H and O–H groups in total. The van der Waals surface area contributed by atoms with Crippen molar-refractivity contribution in [1.29, 1.82) is 10.5 Å². The molecular formula is C12H6F6N2. The number of hydrogen-bond donors (Lipinski definition) is 0. The maximum absolute atomic E-state index is 12.8. The molecule has 0 spiro atoms. The van der Waals surface area contributed by atoms with Crippen molar-refractivity contribution in [3.05, 3.63) is 33.9 Å². The Hall–Kier alpha value is -2.22. The van der Waals surface area contributed by atoms with E-state index in [1.54, 1.807) is 0 Å². The number of benzene rings is 1. The molecule has 0 fully saturated rings. The van der Waals surface area contributed by atoms with Crippen LogP contribution in [0, 0.1) is 22.7 Å². The Morgan fingerprint density at radius 1 is 1.00 bits per heavy atom. The van der Waals surface area contributed by atoms with Gasteiger partial charge in [-0.2, -0.15) is 36.9 Å². The fraction of sp³-hybridized carbons (Fsp3) is 0.333. The van der Waals surface area contributed by atoms with E-state index in [1.165, 1.54) is 6.92 Å². The Morgan fingerprint density at radius 3 is 1.85 bits per heavy atom. The van der Waals surface area contributed by atoms with Gasteiger partial charge in [-0.05, 0) is 18.1 Å². The summed E-state index contributed by atoms with van der Waals surface area (Å²) in [5, 5.41) is 17.4. The molecule has 0 bridgehead atoms. The average Bonchev–Trinajstić information content (AvgIpc) is 2.33. The van der Waals surface area contributed by atoms with Gasteiger partial charge in [-0.25, -0.2) is 0 Å². The van der Waals surface area contributed by atoms with Crippen LogP contribution in [0.4, 0.5) is 26.3 Å². The molecule has 2 nitrogen and oxygen atoms in total. The predicted molar refractivity (Wildman–Crippen MR) is 55.3 cm³/mol. The van der Waals surface area contributed by atoms with Crippen LogP contribution in [0.5, 0.6) is 0 Å². The summed E-state index contributed by atoms with van der Waals surface area (Å²) < 4.78 is 76.9. The highest BCUT2D eigenvalue weighted by Crippen LogP contribution is 2.41. The van der Waals surface area contributed by atoms with Gasteiger partial charge in [0, 0.05) is 0 Å². The number of nitrogens with zero attached hydrogens (tertiary/aromatic N) is 2. The summed E-state index contributed by atoms with van der Waals surface area (Å²) >= 11 is 0. The lowest BCUT2D eigenvalue weighted by Gasteiger charge is -2.18. The fourth-order valence-electron chi connectivity index (χ4n) is 1.85. The van der Waals surface area contributed by atoms with Gasteiger partial charge in [-0.15, -0.1) is 0 Å². The summed E-state index contributed by atoms with van der Waals surface area (Å²) in [6.07, 6.45) is -10.4. The van der Waals surface area contributed by atoms with Crippen LogP contribution in [-0.4, -0.2) is 0 Å². The van der Waals surface area contributed by atoms with Crippen LogP contribution in [0.25, 0.3) is 0 Å². The van der Waals surface area contributed by atoms with E-state index in [9.17, 15) is 26.3 Å². The Bertz CT molecular complexity index is 613. The van der Waals surface area contributed by atoms with Crippen molar-refractivity contribution in [3.8, 4) is 12.1 Å². The largest absolute Gasteiger partial charge is 0.418 e. The molecule has 0 unspecified atom stereocenters. The molecule has 1 aromatic carbocycles. The van der Waals surface area contributed by atoms with Gasteiger partial charge in [-0.3, -0.25) is 0 Å². The fourth-order valence-corrected chi connectivity index (χ4v) is 1.85. The monoisotopic (exact) mass is 292 g/mol. The average molecular weight is 292 g/mol. The van der Waals surface area contributed by atoms with Crippen LogP contribution >= 0.6 is 0 Å². The Balaban J connectivity index is 3.94. The summed E-state index contributed by atoms with van der Waals surface area (Å²) in [6.45, 7) is 1.21. The van der Waals surface area contributed by atoms with Gasteiger partial charge < -0.3 is 0 Å². The third-order valence-corrected chi connectivity index (χ3v) is 2.61. The maximum Gasteiger partial charge on any atom is 0.418 e. The zero-order chi connectivity index (χ0) is 15.7. The minimum atomic E-state index is -5.08. The van der Waals surface area contributed by atoms with E-state index < -0.39 is 46.6 Å². The van der Waals surface area contributed by atoms with Crippen molar-refractivity contribution in [1.82, 2.24) is 0 Å². The molecule has 0 aliphatic rings. The van der Waals surface area contributed by atoms with Gasteiger partial charge in [0.2, 0.25) is 0 Å². The molecule has 8 heteroatoms. The first-order chi connectivity index (χ1) is 9.07. The maximum atomic E-state index is 12.8. The molecule has 1 aromatic rings. The molecule has 106 valence electrons. The molecule has 0 radical (unpaired) electrons. The summed E-state index contributed by atoms with van der Waals surface area (Å²) in [7, 11) is 0. The molecule has 0 atom stereocenters. The number of nitriles is 2. The normalized spacial score (nSPS) is 11.8. The number of halogens is 6. The molecule has 0 saturated carbocycles. The molecule has 0 aliphatic carbocycles. The summed E-state index contributed by atoms with van der Waals surface area (Å²) in [5.41, 5.74) is -6.12. The van der Waals surface area contributed by atoms with Gasteiger partial charge in [0.25, 0.3) is 0 Å². The molecular weight excluding hydrogens is 286 g/mol. The van der Waals surface area contributed by atoms with Crippen molar-refractivity contribution >= 4 is 0 Å². The third kappa shape index (κ3) is 2.69. The molecule has 1 rings (SSSR count). The van der Waals surface area contributed by atoms with Gasteiger partial charge >= 0.3 is 12.4 Å². The molecule has 0 aromatic heterocycles. The van der Waals surface area contributed by atoms with Crippen LogP contribution in [0.2, 0.25) is 0 Å². The van der Waals surface area contributed by atoms with E-state index in [2.05, 4.69) is 0 Å². The van der Waals surface area contributed by atoms with Crippen molar-refractivity contribution in [3.63, 3.8) is 0 Å². The van der Waals surface area contributed by atoms with Gasteiger partial charge in [0.05, 0.1) is 28.3 Å². The van der Waals surface area contributed by atoms with E-state index in [0.29, 0.717) is 0 Å². The lowest BCUT2D eigenvalue weighted by molar-refractivity contribution is -0.142. The van der Waals surface area contributed by atoms with Crippen molar-refractivity contribution < 1.29 is 26.3 Å². The molecule has 0 aliphatic heterocycles. The lowest BCUT2D eigenvalue weighted by atomic mass is 9.90. The summed E-state index contributed by atoms with van der Waals surface area (Å²) in [4.78, 5) is 0. The van der Waals surface area contributed by atoms with Gasteiger partial charge in [0.15, 0.2) is 0 Å². The first-order valence-corrected chi connectivity index (χ1v) is 5.22. The summed E-state index contributed by atoms with van der Waals surface area (Å²) in [6, 6.07) is 2.35. The van der Waals surface area contributed by atoms with Gasteiger partial charge in [0.1, 0.15) is 6.07 Å². The highest BCUT2D eigenvalue weighted by Gasteiger charge is 2.42. The van der Waals surface area contributed by atoms with E-state index in [-0.39, 0.29) is 6.07 Å². The molecule has 0 saturated heterocycles. The van der Waals surface area contributed by atoms with E-state index in [0.717, 1.165) is 12.1 Å². The van der Waals surface area contributed by atoms with Crippen LogP contribution in [0.15, 0.2) is 6.07 Å². The first-order valence-electron chi connectivity index (χ1n) is 5.22. The van der Waals surface area contributed by atoms with E-state index in [1.807, 2.05) is 0 Å². The Kier molecular flexibility index (Phi) is 3.99. The number of hydrogen-bond acceptors (Lipinski definition) is 2. The summed E-state index contributed by atoms with van der Waals surface area (Å²) in [5.74, 6) is 0. The zero-order valence-electron chi connectivity index (χ0n) is 9.95. The van der Waals surface area contributed by atoms with E-state index in [4.69, 9.17) is 10.5 Å². The van der Waals surface area contributed by atoms with Crippen LogP contribution in [0.1, 0.15) is 34.7 Å². The standard InChI is InChI=1S/C12H6F6N2/c1-2-7-8(5-20)10(12(16,17)18)6(4-19)3-9(7)11(13,14)15/h3H,2H2,1H3. The van der Waals surface area contributed by atoms with Gasteiger partial charge in [-0.1, -0.05) is 6.92 Å². The Labute approximate surface area is 109 Å². The SMILES string of the molecule is CCc1c(C(F)(F)F)cc(C#N)c(C(F)(F)F)c1C#N. The molecule has 0 amide bonds. The van der Waals surface area contributed by atoms with Crippen LogP contribution in [0.3, 0.4) is 0 Å². The minimum absolute atomic E-state index is 0.141. The molecule has 0 heterocycles. The lowest BCUT2D eigenvalue weighted by Crippen LogP contribution is -2.18. The van der Waals surface area contributed by atoms with Crippen LogP contribution in [-0.2, 0) is 18.8 Å². The molecule has 20 heavy (non-hydrogen) atoms. The zero-order valence-corrected chi connectivity index (χ0v) is 9.95. The van der Waals surface area contributed by atoms with Crippen molar-refractivity contribution in [2.24, 2.45) is 0 Å². The first kappa shape index (κ1) is 15.8. The van der Waals surface area contributed by atoms with E-state index >= 15 is 0 Å². The number of rotatable bonds is 1. The second-order valence-electron chi connectivity index (χ2n) is 3.77. The van der Waals surface area contributed by atoms with Crippen molar-refractivity contribution in [2.75, 3.05) is 0 Å². The van der Waals surface area contributed by atoms with Crippen LogP contribution < -0.4 is 0 Å². The third-order valence-electron chi connectivity index (χ3n) is 2.61. The topological polar surface area (TPSA) is 47.6 Å².